The molecule has 0 spiro atoms. The van der Waals surface area contributed by atoms with Crippen molar-refractivity contribution >= 4 is 11.2 Å². The van der Waals surface area contributed by atoms with Crippen LogP contribution in [0.25, 0.3) is 11.2 Å². The van der Waals surface area contributed by atoms with E-state index in [0.717, 1.165) is 12.1 Å². The Morgan fingerprint density at radius 1 is 1.16 bits per heavy atom. The van der Waals surface area contributed by atoms with Gasteiger partial charge in [-0.25, -0.2) is 19.3 Å². The number of hydrogen-bond donors (Lipinski definition) is 1. The summed E-state index contributed by atoms with van der Waals surface area (Å²) in [5.41, 5.74) is 3.12. The molecular weight excluding hydrogens is 323 g/mol. The Bertz CT molecular complexity index is 870. The third-order valence-corrected chi connectivity index (χ3v) is 4.50. The number of aromatic nitrogens is 4. The van der Waals surface area contributed by atoms with Crippen molar-refractivity contribution < 1.29 is 14.2 Å². The van der Waals surface area contributed by atoms with Gasteiger partial charge in [0.05, 0.1) is 18.1 Å². The summed E-state index contributed by atoms with van der Waals surface area (Å²) in [6.07, 6.45) is -0.203. The fraction of sp³-hybridized carbons (Fsp3) is 0.333. The Morgan fingerprint density at radius 3 is 2.68 bits per heavy atom. The fourth-order valence-corrected chi connectivity index (χ4v) is 3.10. The van der Waals surface area contributed by atoms with E-state index in [0.29, 0.717) is 17.6 Å². The molecule has 4 rings (SSSR count). The Balaban J connectivity index is 1.62. The van der Waals surface area contributed by atoms with E-state index >= 15 is 0 Å². The monoisotopic (exact) mass is 341 g/mol. The smallest absolute Gasteiger partial charge is 0.173 e. The third kappa shape index (κ3) is 2.89. The average Bonchev–Trinajstić information content (AvgIpc) is 3.18. The molecule has 0 bridgehead atoms. The number of aliphatic hydroxyl groups is 1. The van der Waals surface area contributed by atoms with E-state index in [-0.39, 0.29) is 0 Å². The number of ether oxygens (including phenoxy) is 1. The second-order valence-corrected chi connectivity index (χ2v) is 6.13. The van der Waals surface area contributed by atoms with Crippen molar-refractivity contribution in [3.8, 4) is 0 Å². The van der Waals surface area contributed by atoms with E-state index in [1.165, 1.54) is 22.8 Å². The molecule has 3 aromatic rings. The normalized spacial score (nSPS) is 26.4. The number of fused-ring (bicyclic) bond motifs is 1. The molecule has 1 N–H and O–H groups in total. The molecule has 4 atom stereocenters. The van der Waals surface area contributed by atoms with Gasteiger partial charge in [-0.2, -0.15) is 0 Å². The lowest BCUT2D eigenvalue weighted by atomic mass is 10.1. The van der Waals surface area contributed by atoms with Crippen LogP contribution in [-0.4, -0.2) is 43.0 Å². The summed E-state index contributed by atoms with van der Waals surface area (Å²) in [6, 6.07) is 10.1. The molecule has 1 fully saturated rings. The summed E-state index contributed by atoms with van der Waals surface area (Å²) < 4.78 is 21.2. The summed E-state index contributed by atoms with van der Waals surface area (Å²) in [6.45, 7) is 3.61. The van der Waals surface area contributed by atoms with Crippen LogP contribution in [0.3, 0.4) is 0 Å². The molecule has 0 unspecified atom stereocenters. The molecule has 1 aliphatic rings. The second-order valence-electron chi connectivity index (χ2n) is 6.13. The maximum absolute atomic E-state index is 14.3. The van der Waals surface area contributed by atoms with Gasteiger partial charge in [-0.15, -0.1) is 0 Å². The SMILES string of the molecule is [CH2][C@H]1O[C@@H](n2cnc3c(CCc4ccccc4)ncnc32)[C@@H](F)[C@@H]1O. The maximum atomic E-state index is 14.3. The van der Waals surface area contributed by atoms with E-state index in [1.54, 1.807) is 0 Å². The van der Waals surface area contributed by atoms with Crippen molar-refractivity contribution in [3.05, 3.63) is 61.2 Å². The molecule has 0 amide bonds. The first kappa shape index (κ1) is 16.1. The van der Waals surface area contributed by atoms with E-state index in [9.17, 15) is 9.50 Å². The molecule has 2 aromatic heterocycles. The topological polar surface area (TPSA) is 73.1 Å². The third-order valence-electron chi connectivity index (χ3n) is 4.50. The standard InChI is InChI=1S/C18H18FN4O2/c1-11-16(24)14(19)18(25-11)23-10-22-15-13(20-9-21-17(15)23)8-7-12-5-3-2-4-6-12/h2-6,9-11,14,16,18,24H,1,7-8H2/t11-,14+,16-,18-/m1/s1. The Morgan fingerprint density at radius 2 is 1.96 bits per heavy atom. The minimum atomic E-state index is -1.58. The van der Waals surface area contributed by atoms with Gasteiger partial charge in [0.1, 0.15) is 17.9 Å². The molecule has 1 aliphatic heterocycles. The number of rotatable bonds is 4. The van der Waals surface area contributed by atoms with Crippen molar-refractivity contribution in [1.29, 1.82) is 0 Å². The summed E-state index contributed by atoms with van der Waals surface area (Å²) in [5, 5.41) is 9.74. The largest absolute Gasteiger partial charge is 0.387 e. The Kier molecular flexibility index (Phi) is 4.19. The number of alkyl halides is 1. The van der Waals surface area contributed by atoms with Crippen LogP contribution >= 0.6 is 0 Å². The van der Waals surface area contributed by atoms with Gasteiger partial charge in [0, 0.05) is 0 Å². The molecule has 0 saturated carbocycles. The Labute approximate surface area is 144 Å². The predicted octanol–water partition coefficient (Wildman–Crippen LogP) is 2.04. The van der Waals surface area contributed by atoms with Crippen LogP contribution in [0.4, 0.5) is 4.39 Å². The van der Waals surface area contributed by atoms with Gasteiger partial charge in [0.15, 0.2) is 18.0 Å². The highest BCUT2D eigenvalue weighted by Gasteiger charge is 2.43. The van der Waals surface area contributed by atoms with Crippen LogP contribution in [0.15, 0.2) is 43.0 Å². The second kappa shape index (κ2) is 6.50. The molecule has 0 aliphatic carbocycles. The summed E-state index contributed by atoms with van der Waals surface area (Å²) in [5.74, 6) is 0. The molecular formula is C18H18FN4O2. The summed E-state index contributed by atoms with van der Waals surface area (Å²) >= 11 is 0. The molecule has 1 saturated heterocycles. The average molecular weight is 341 g/mol. The lowest BCUT2D eigenvalue weighted by Crippen LogP contribution is -2.26. The zero-order valence-electron chi connectivity index (χ0n) is 13.5. The van der Waals surface area contributed by atoms with Crippen molar-refractivity contribution in [1.82, 2.24) is 19.5 Å². The zero-order valence-corrected chi connectivity index (χ0v) is 13.5. The van der Waals surface area contributed by atoms with Crippen LogP contribution in [0.5, 0.6) is 0 Å². The predicted molar refractivity (Wildman–Crippen MR) is 89.3 cm³/mol. The van der Waals surface area contributed by atoms with Crippen LogP contribution in [0, 0.1) is 6.92 Å². The van der Waals surface area contributed by atoms with Crippen molar-refractivity contribution in [2.24, 2.45) is 0 Å². The molecule has 129 valence electrons. The minimum Gasteiger partial charge on any atom is -0.387 e. The highest BCUT2D eigenvalue weighted by atomic mass is 19.1. The molecule has 1 radical (unpaired) electrons. The number of imidazole rings is 1. The van der Waals surface area contributed by atoms with Gasteiger partial charge in [-0.05, 0) is 25.3 Å². The van der Waals surface area contributed by atoms with E-state index in [1.807, 2.05) is 18.2 Å². The van der Waals surface area contributed by atoms with Crippen molar-refractivity contribution in [3.63, 3.8) is 0 Å². The van der Waals surface area contributed by atoms with Crippen molar-refractivity contribution in [2.45, 2.75) is 37.4 Å². The van der Waals surface area contributed by atoms with Gasteiger partial charge < -0.3 is 9.84 Å². The number of aliphatic hydroxyl groups excluding tert-OH is 1. The van der Waals surface area contributed by atoms with Gasteiger partial charge >= 0.3 is 0 Å². The Hall–Kier alpha value is -2.38. The zero-order chi connectivity index (χ0) is 17.4. The molecule has 3 heterocycles. The lowest BCUT2D eigenvalue weighted by Gasteiger charge is -2.14. The molecule has 6 nitrogen and oxygen atoms in total. The van der Waals surface area contributed by atoms with Gasteiger partial charge in [0.25, 0.3) is 0 Å². The fourth-order valence-electron chi connectivity index (χ4n) is 3.10. The number of halogens is 1. The number of benzene rings is 1. The first-order valence-corrected chi connectivity index (χ1v) is 8.16. The lowest BCUT2D eigenvalue weighted by molar-refractivity contribution is -0.00285. The summed E-state index contributed by atoms with van der Waals surface area (Å²) in [4.78, 5) is 12.9. The van der Waals surface area contributed by atoms with Gasteiger partial charge in [-0.1, -0.05) is 30.3 Å². The first-order valence-electron chi connectivity index (χ1n) is 8.16. The van der Waals surface area contributed by atoms with Crippen LogP contribution in [0.1, 0.15) is 17.5 Å². The van der Waals surface area contributed by atoms with E-state index < -0.39 is 24.6 Å². The highest BCUT2D eigenvalue weighted by Crippen LogP contribution is 2.33. The number of hydrogen-bond acceptors (Lipinski definition) is 5. The number of aryl methyl sites for hydroxylation is 2. The van der Waals surface area contributed by atoms with E-state index in [4.69, 9.17) is 4.74 Å². The van der Waals surface area contributed by atoms with Gasteiger partial charge in [-0.3, -0.25) is 4.57 Å². The van der Waals surface area contributed by atoms with Crippen LogP contribution in [0.2, 0.25) is 0 Å². The van der Waals surface area contributed by atoms with E-state index in [2.05, 4.69) is 34.0 Å². The molecule has 1 aromatic carbocycles. The van der Waals surface area contributed by atoms with Crippen LogP contribution in [-0.2, 0) is 17.6 Å². The quantitative estimate of drug-likeness (QED) is 0.786. The summed E-state index contributed by atoms with van der Waals surface area (Å²) in [7, 11) is 0. The minimum absolute atomic E-state index is 0.493. The number of nitrogens with zero attached hydrogens (tertiary/aromatic N) is 4. The molecule has 25 heavy (non-hydrogen) atoms. The van der Waals surface area contributed by atoms with Gasteiger partial charge in [0.2, 0.25) is 0 Å². The first-order chi connectivity index (χ1) is 12.1. The maximum Gasteiger partial charge on any atom is 0.173 e. The van der Waals surface area contributed by atoms with Crippen LogP contribution < -0.4 is 0 Å². The highest BCUT2D eigenvalue weighted by molar-refractivity contribution is 5.73. The van der Waals surface area contributed by atoms with Crippen molar-refractivity contribution in [2.75, 3.05) is 0 Å². The molecule has 7 heteroatoms.